The van der Waals surface area contributed by atoms with Crippen LogP contribution in [0.2, 0.25) is 5.02 Å². The number of carbonyl (C=O) groups is 1. The molecule has 0 bridgehead atoms. The molecule has 0 N–H and O–H groups in total. The van der Waals surface area contributed by atoms with Crippen molar-refractivity contribution in [2.45, 2.75) is 12.5 Å². The molecular weight excluding hydrogens is 282 g/mol. The number of nitrogens with zero attached hydrogens (tertiary/aromatic N) is 1. The summed E-state index contributed by atoms with van der Waals surface area (Å²) in [5.41, 5.74) is 3.57. The third-order valence-corrected chi connectivity index (χ3v) is 4.17. The van der Waals surface area contributed by atoms with E-state index < -0.39 is 0 Å². The molecule has 0 fully saturated rings. The van der Waals surface area contributed by atoms with Gasteiger partial charge in [0, 0.05) is 24.0 Å². The van der Waals surface area contributed by atoms with Crippen molar-refractivity contribution in [2.24, 2.45) is 0 Å². The molecule has 1 atom stereocenters. The number of fused-ring (bicyclic) bond motifs is 1. The van der Waals surface area contributed by atoms with Crippen molar-refractivity contribution in [2.75, 3.05) is 6.54 Å². The molecule has 0 saturated heterocycles. The summed E-state index contributed by atoms with van der Waals surface area (Å²) in [4.78, 5) is 13.8. The second-order valence-corrected chi connectivity index (χ2v) is 5.67. The highest BCUT2D eigenvalue weighted by Crippen LogP contribution is 2.34. The predicted molar refractivity (Wildman–Crippen MR) is 85.4 cm³/mol. The Morgan fingerprint density at radius 3 is 2.71 bits per heavy atom. The van der Waals surface area contributed by atoms with Crippen molar-refractivity contribution in [1.29, 1.82) is 0 Å². The normalized spacial score (nSPS) is 17.2. The summed E-state index contributed by atoms with van der Waals surface area (Å²) in [6.45, 7) is 4.85. The van der Waals surface area contributed by atoms with Gasteiger partial charge in [0.15, 0.2) is 0 Å². The number of rotatable bonds is 2. The van der Waals surface area contributed by atoms with Crippen LogP contribution in [0.15, 0.2) is 61.2 Å². The summed E-state index contributed by atoms with van der Waals surface area (Å²) in [6, 6.07) is 16.2. The molecule has 0 radical (unpaired) electrons. The van der Waals surface area contributed by atoms with Crippen molar-refractivity contribution in [3.63, 3.8) is 0 Å². The van der Waals surface area contributed by atoms with Crippen LogP contribution in [-0.2, 0) is 11.3 Å². The Morgan fingerprint density at radius 2 is 2.00 bits per heavy atom. The zero-order valence-corrected chi connectivity index (χ0v) is 12.4. The molecule has 1 aliphatic heterocycles. The molecule has 0 unspecified atom stereocenters. The van der Waals surface area contributed by atoms with E-state index in [0.717, 1.165) is 5.56 Å². The molecule has 106 valence electrons. The fourth-order valence-corrected chi connectivity index (χ4v) is 3.10. The monoisotopic (exact) mass is 297 g/mol. The van der Waals surface area contributed by atoms with Crippen molar-refractivity contribution >= 4 is 17.5 Å². The molecule has 3 heteroatoms. The topological polar surface area (TPSA) is 20.3 Å². The van der Waals surface area contributed by atoms with Crippen molar-refractivity contribution in [3.8, 4) is 0 Å². The van der Waals surface area contributed by atoms with E-state index in [9.17, 15) is 4.79 Å². The van der Waals surface area contributed by atoms with Gasteiger partial charge in [-0.3, -0.25) is 4.79 Å². The van der Waals surface area contributed by atoms with Gasteiger partial charge in [-0.25, -0.2) is 0 Å². The Balaban J connectivity index is 2.07. The Bertz CT molecular complexity index is 681. The number of amides is 1. The van der Waals surface area contributed by atoms with Gasteiger partial charge in [-0.05, 0) is 34.9 Å². The first-order valence-electron chi connectivity index (χ1n) is 6.93. The lowest BCUT2D eigenvalue weighted by molar-refractivity contribution is -0.127. The maximum absolute atomic E-state index is 12.0. The fourth-order valence-electron chi connectivity index (χ4n) is 2.91. The predicted octanol–water partition coefficient (Wildman–Crippen LogP) is 4.00. The average Bonchev–Trinajstić information content (AvgIpc) is 2.53. The van der Waals surface area contributed by atoms with Crippen molar-refractivity contribution in [1.82, 2.24) is 4.90 Å². The van der Waals surface area contributed by atoms with Crippen LogP contribution in [0.4, 0.5) is 0 Å². The molecule has 0 aliphatic carbocycles. The van der Waals surface area contributed by atoms with Gasteiger partial charge in [0.25, 0.3) is 0 Å². The van der Waals surface area contributed by atoms with E-state index in [1.807, 2.05) is 35.2 Å². The Kier molecular flexibility index (Phi) is 3.80. The standard InChI is InChI=1S/C18H16ClNO/c1-2-18(21)20-11-14-10-15(19)8-9-16(14)17(12-20)13-6-4-3-5-7-13/h2-10,17H,1,11-12H2/t17-/m0/s1. The van der Waals surface area contributed by atoms with E-state index in [1.54, 1.807) is 0 Å². The van der Waals surface area contributed by atoms with Crippen LogP contribution in [0.1, 0.15) is 22.6 Å². The molecule has 1 amide bonds. The number of carbonyl (C=O) groups excluding carboxylic acids is 1. The van der Waals surface area contributed by atoms with Crippen LogP contribution in [0, 0.1) is 0 Å². The quantitative estimate of drug-likeness (QED) is 0.767. The summed E-state index contributed by atoms with van der Waals surface area (Å²) in [7, 11) is 0. The van der Waals surface area contributed by atoms with Crippen LogP contribution in [0.25, 0.3) is 0 Å². The SMILES string of the molecule is C=CC(=O)N1Cc2cc(Cl)ccc2[C@H](c2ccccc2)C1. The van der Waals surface area contributed by atoms with Gasteiger partial charge in [0.1, 0.15) is 0 Å². The Morgan fingerprint density at radius 1 is 1.24 bits per heavy atom. The highest BCUT2D eigenvalue weighted by atomic mass is 35.5. The minimum atomic E-state index is -0.0402. The third-order valence-electron chi connectivity index (χ3n) is 3.93. The highest BCUT2D eigenvalue weighted by molar-refractivity contribution is 6.30. The molecular formula is C18H16ClNO. The van der Waals surface area contributed by atoms with Gasteiger partial charge < -0.3 is 4.90 Å². The molecule has 3 rings (SSSR count). The van der Waals surface area contributed by atoms with E-state index in [-0.39, 0.29) is 11.8 Å². The van der Waals surface area contributed by atoms with Gasteiger partial charge in [0.2, 0.25) is 5.91 Å². The van der Waals surface area contributed by atoms with Crippen LogP contribution >= 0.6 is 11.6 Å². The molecule has 2 aromatic carbocycles. The number of halogens is 1. The van der Waals surface area contributed by atoms with E-state index in [0.29, 0.717) is 18.1 Å². The first-order valence-corrected chi connectivity index (χ1v) is 7.31. The summed E-state index contributed by atoms with van der Waals surface area (Å²) in [5, 5.41) is 0.702. The first kappa shape index (κ1) is 13.9. The van der Waals surface area contributed by atoms with Crippen LogP contribution < -0.4 is 0 Å². The smallest absolute Gasteiger partial charge is 0.246 e. The maximum atomic E-state index is 12.0. The van der Waals surface area contributed by atoms with E-state index >= 15 is 0 Å². The van der Waals surface area contributed by atoms with Crippen molar-refractivity contribution in [3.05, 3.63) is 82.9 Å². The van der Waals surface area contributed by atoms with Crippen molar-refractivity contribution < 1.29 is 4.79 Å². The second-order valence-electron chi connectivity index (χ2n) is 5.23. The van der Waals surface area contributed by atoms with E-state index in [2.05, 4.69) is 24.8 Å². The lowest BCUT2D eigenvalue weighted by Crippen LogP contribution is -2.37. The summed E-state index contributed by atoms with van der Waals surface area (Å²) in [5.74, 6) is 0.137. The fraction of sp³-hybridized carbons (Fsp3) is 0.167. The summed E-state index contributed by atoms with van der Waals surface area (Å²) >= 11 is 6.11. The lowest BCUT2D eigenvalue weighted by atomic mass is 9.84. The Hall–Kier alpha value is -2.06. The molecule has 1 aliphatic rings. The molecule has 1 heterocycles. The third kappa shape index (κ3) is 2.72. The summed E-state index contributed by atoms with van der Waals surface area (Å²) < 4.78 is 0. The second kappa shape index (κ2) is 5.74. The molecule has 21 heavy (non-hydrogen) atoms. The number of benzene rings is 2. The highest BCUT2D eigenvalue weighted by Gasteiger charge is 2.28. The minimum Gasteiger partial charge on any atom is -0.334 e. The molecule has 2 aromatic rings. The maximum Gasteiger partial charge on any atom is 0.246 e. The number of hydrogen-bond acceptors (Lipinski definition) is 1. The molecule has 2 nitrogen and oxygen atoms in total. The van der Waals surface area contributed by atoms with Crippen LogP contribution in [-0.4, -0.2) is 17.4 Å². The van der Waals surface area contributed by atoms with Gasteiger partial charge in [-0.1, -0.05) is 54.6 Å². The molecule has 0 spiro atoms. The molecule has 0 aromatic heterocycles. The van der Waals surface area contributed by atoms with Gasteiger partial charge in [-0.15, -0.1) is 0 Å². The zero-order chi connectivity index (χ0) is 14.8. The number of hydrogen-bond donors (Lipinski definition) is 0. The largest absolute Gasteiger partial charge is 0.334 e. The Labute approximate surface area is 129 Å². The van der Waals surface area contributed by atoms with E-state index in [1.165, 1.54) is 17.2 Å². The van der Waals surface area contributed by atoms with Crippen LogP contribution in [0.5, 0.6) is 0 Å². The minimum absolute atomic E-state index is 0.0402. The van der Waals surface area contributed by atoms with Gasteiger partial charge in [-0.2, -0.15) is 0 Å². The zero-order valence-electron chi connectivity index (χ0n) is 11.6. The van der Waals surface area contributed by atoms with Gasteiger partial charge in [0.05, 0.1) is 0 Å². The summed E-state index contributed by atoms with van der Waals surface area (Å²) in [6.07, 6.45) is 1.37. The van der Waals surface area contributed by atoms with Crippen LogP contribution in [0.3, 0.4) is 0 Å². The lowest BCUT2D eigenvalue weighted by Gasteiger charge is -2.34. The van der Waals surface area contributed by atoms with E-state index in [4.69, 9.17) is 11.6 Å². The average molecular weight is 298 g/mol. The first-order chi connectivity index (χ1) is 10.2. The van der Waals surface area contributed by atoms with Gasteiger partial charge >= 0.3 is 0 Å². The molecule has 0 saturated carbocycles.